The third-order valence-electron chi connectivity index (χ3n) is 3.51. The Kier molecular flexibility index (Phi) is 4.49. The highest BCUT2D eigenvalue weighted by atomic mass is 32.2. The summed E-state index contributed by atoms with van der Waals surface area (Å²) in [6, 6.07) is 6.71. The van der Waals surface area contributed by atoms with Crippen molar-refractivity contribution in [2.24, 2.45) is 0 Å². The maximum absolute atomic E-state index is 13.9. The molecule has 1 aliphatic rings. The first-order valence-corrected chi connectivity index (χ1v) is 7.53. The number of halogens is 1. The van der Waals surface area contributed by atoms with Crippen molar-refractivity contribution in [3.8, 4) is 6.07 Å². The minimum atomic E-state index is -0.268. The number of benzene rings is 1. The lowest BCUT2D eigenvalue weighted by Crippen LogP contribution is -2.27. The smallest absolute Gasteiger partial charge is 0.129 e. The fourth-order valence-corrected chi connectivity index (χ4v) is 3.34. The molecule has 2 rings (SSSR count). The SMILES string of the molecule is CC1(C)CCN(Cc2ccc(C#N)cc2F)CCS1. The van der Waals surface area contributed by atoms with Crippen LogP contribution in [-0.2, 0) is 6.54 Å². The third kappa shape index (κ3) is 3.95. The first-order chi connectivity index (χ1) is 9.00. The van der Waals surface area contributed by atoms with Gasteiger partial charge >= 0.3 is 0 Å². The van der Waals surface area contributed by atoms with Crippen LogP contribution in [-0.4, -0.2) is 28.5 Å². The van der Waals surface area contributed by atoms with Gasteiger partial charge in [0.15, 0.2) is 0 Å². The Morgan fingerprint density at radius 2 is 2.21 bits per heavy atom. The quantitative estimate of drug-likeness (QED) is 0.829. The predicted octanol–water partition coefficient (Wildman–Crippen LogP) is 3.41. The summed E-state index contributed by atoms with van der Waals surface area (Å²) in [6.45, 7) is 7.16. The lowest BCUT2D eigenvalue weighted by molar-refractivity contribution is 0.272. The van der Waals surface area contributed by atoms with E-state index in [4.69, 9.17) is 5.26 Å². The molecule has 2 nitrogen and oxygen atoms in total. The largest absolute Gasteiger partial charge is 0.298 e. The van der Waals surface area contributed by atoms with Crippen LogP contribution < -0.4 is 0 Å². The van der Waals surface area contributed by atoms with Gasteiger partial charge in [-0.25, -0.2) is 4.39 Å². The van der Waals surface area contributed by atoms with Crippen molar-refractivity contribution in [3.63, 3.8) is 0 Å². The highest BCUT2D eigenvalue weighted by Gasteiger charge is 2.23. The van der Waals surface area contributed by atoms with Crippen molar-refractivity contribution in [1.82, 2.24) is 4.90 Å². The summed E-state index contributed by atoms with van der Waals surface area (Å²) in [4.78, 5) is 2.30. The van der Waals surface area contributed by atoms with E-state index in [0.717, 1.165) is 25.3 Å². The maximum Gasteiger partial charge on any atom is 0.129 e. The van der Waals surface area contributed by atoms with Gasteiger partial charge in [-0.2, -0.15) is 17.0 Å². The van der Waals surface area contributed by atoms with Crippen molar-refractivity contribution in [1.29, 1.82) is 5.26 Å². The molecule has 1 saturated heterocycles. The van der Waals surface area contributed by atoms with Gasteiger partial charge in [0.05, 0.1) is 11.6 Å². The molecule has 1 aromatic carbocycles. The van der Waals surface area contributed by atoms with Crippen LogP contribution in [0, 0.1) is 17.1 Å². The Bertz CT molecular complexity index is 493. The predicted molar refractivity (Wildman–Crippen MR) is 77.5 cm³/mol. The highest BCUT2D eigenvalue weighted by Crippen LogP contribution is 2.31. The number of hydrogen-bond acceptors (Lipinski definition) is 3. The lowest BCUT2D eigenvalue weighted by atomic mass is 10.1. The Morgan fingerprint density at radius 3 is 2.89 bits per heavy atom. The minimum absolute atomic E-state index is 0.268. The molecule has 0 spiro atoms. The molecule has 0 aromatic heterocycles. The van der Waals surface area contributed by atoms with Crippen molar-refractivity contribution < 1.29 is 4.39 Å². The molecule has 0 aliphatic carbocycles. The zero-order valence-electron chi connectivity index (χ0n) is 11.4. The molecule has 4 heteroatoms. The van der Waals surface area contributed by atoms with Crippen molar-refractivity contribution >= 4 is 11.8 Å². The Labute approximate surface area is 118 Å². The average Bonchev–Trinajstić information content (AvgIpc) is 2.53. The molecule has 19 heavy (non-hydrogen) atoms. The first kappa shape index (κ1) is 14.4. The molecule has 1 aliphatic heterocycles. The summed E-state index contributed by atoms with van der Waals surface area (Å²) in [5.41, 5.74) is 1.07. The van der Waals surface area contributed by atoms with Crippen LogP contribution in [0.2, 0.25) is 0 Å². The molecule has 0 saturated carbocycles. The number of hydrogen-bond donors (Lipinski definition) is 0. The second-order valence-corrected chi connectivity index (χ2v) is 7.35. The minimum Gasteiger partial charge on any atom is -0.298 e. The van der Waals surface area contributed by atoms with Gasteiger partial charge in [0.2, 0.25) is 0 Å². The number of nitrogens with zero attached hydrogens (tertiary/aromatic N) is 2. The molecule has 1 fully saturated rings. The van der Waals surface area contributed by atoms with Gasteiger partial charge in [0, 0.05) is 29.2 Å². The number of nitriles is 1. The second-order valence-electron chi connectivity index (χ2n) is 5.55. The molecular formula is C15H19FN2S. The van der Waals surface area contributed by atoms with Gasteiger partial charge in [-0.3, -0.25) is 4.90 Å². The summed E-state index contributed by atoms with van der Waals surface area (Å²) in [6.07, 6.45) is 1.12. The monoisotopic (exact) mass is 278 g/mol. The van der Waals surface area contributed by atoms with Gasteiger partial charge in [0.1, 0.15) is 5.82 Å². The molecule has 0 unspecified atom stereocenters. The van der Waals surface area contributed by atoms with Crippen LogP contribution in [0.15, 0.2) is 18.2 Å². The fourth-order valence-electron chi connectivity index (χ4n) is 2.21. The van der Waals surface area contributed by atoms with E-state index in [-0.39, 0.29) is 5.82 Å². The molecular weight excluding hydrogens is 259 g/mol. The average molecular weight is 278 g/mol. The van der Waals surface area contributed by atoms with E-state index in [0.29, 0.717) is 22.4 Å². The van der Waals surface area contributed by atoms with Gasteiger partial charge < -0.3 is 0 Å². The summed E-state index contributed by atoms with van der Waals surface area (Å²) < 4.78 is 14.2. The molecule has 0 N–H and O–H groups in total. The Morgan fingerprint density at radius 1 is 1.42 bits per heavy atom. The zero-order chi connectivity index (χ0) is 13.9. The van der Waals surface area contributed by atoms with Crippen molar-refractivity contribution in [3.05, 3.63) is 35.1 Å². The molecule has 0 amide bonds. The van der Waals surface area contributed by atoms with Gasteiger partial charge in [-0.05, 0) is 25.1 Å². The molecule has 102 valence electrons. The number of rotatable bonds is 2. The zero-order valence-corrected chi connectivity index (χ0v) is 12.3. The van der Waals surface area contributed by atoms with Crippen LogP contribution in [0.25, 0.3) is 0 Å². The molecule has 1 heterocycles. The van der Waals surface area contributed by atoms with E-state index < -0.39 is 0 Å². The van der Waals surface area contributed by atoms with Crippen LogP contribution in [0.1, 0.15) is 31.4 Å². The summed E-state index contributed by atoms with van der Waals surface area (Å²) in [7, 11) is 0. The molecule has 0 bridgehead atoms. The van der Waals surface area contributed by atoms with Crippen LogP contribution in [0.4, 0.5) is 4.39 Å². The summed E-state index contributed by atoms with van der Waals surface area (Å²) >= 11 is 1.99. The van der Waals surface area contributed by atoms with E-state index in [1.165, 1.54) is 6.07 Å². The van der Waals surface area contributed by atoms with Crippen LogP contribution >= 0.6 is 11.8 Å². The van der Waals surface area contributed by atoms with E-state index >= 15 is 0 Å². The van der Waals surface area contributed by atoms with E-state index in [9.17, 15) is 4.39 Å². The van der Waals surface area contributed by atoms with Gasteiger partial charge in [0.25, 0.3) is 0 Å². The van der Waals surface area contributed by atoms with Crippen molar-refractivity contribution in [2.45, 2.75) is 31.6 Å². The van der Waals surface area contributed by atoms with Gasteiger partial charge in [-0.1, -0.05) is 19.9 Å². The molecule has 1 aromatic rings. The summed E-state index contributed by atoms with van der Waals surface area (Å²) in [5.74, 6) is 0.820. The lowest BCUT2D eigenvalue weighted by Gasteiger charge is -2.22. The first-order valence-electron chi connectivity index (χ1n) is 6.55. The normalized spacial score (nSPS) is 19.7. The third-order valence-corrected chi connectivity index (χ3v) is 4.88. The number of thioether (sulfide) groups is 1. The second kappa shape index (κ2) is 5.94. The van der Waals surface area contributed by atoms with Crippen LogP contribution in [0.5, 0.6) is 0 Å². The van der Waals surface area contributed by atoms with Gasteiger partial charge in [-0.15, -0.1) is 0 Å². The highest BCUT2D eigenvalue weighted by molar-refractivity contribution is 8.00. The van der Waals surface area contributed by atoms with E-state index in [1.807, 2.05) is 17.8 Å². The van der Waals surface area contributed by atoms with Crippen LogP contribution in [0.3, 0.4) is 0 Å². The fraction of sp³-hybridized carbons (Fsp3) is 0.533. The molecule has 0 atom stereocenters. The van der Waals surface area contributed by atoms with E-state index in [1.54, 1.807) is 12.1 Å². The summed E-state index contributed by atoms with van der Waals surface area (Å²) in [5, 5.41) is 8.74. The topological polar surface area (TPSA) is 27.0 Å². The Hall–Kier alpha value is -1.05. The Balaban J connectivity index is 2.03. The van der Waals surface area contributed by atoms with Crippen molar-refractivity contribution in [2.75, 3.05) is 18.8 Å². The molecule has 0 radical (unpaired) electrons. The maximum atomic E-state index is 13.9. The standard InChI is InChI=1S/C15H19FN2S/c1-15(2)5-6-18(7-8-19-15)11-13-4-3-12(10-17)9-14(13)16/h3-4,9H,5-8,11H2,1-2H3. The van der Waals surface area contributed by atoms with E-state index in [2.05, 4.69) is 18.7 Å².